The maximum atomic E-state index is 11.0. The lowest BCUT2D eigenvalue weighted by molar-refractivity contribution is 0.112. The van der Waals surface area contributed by atoms with Crippen molar-refractivity contribution in [2.24, 2.45) is 0 Å². The molecule has 0 aliphatic heterocycles. The zero-order valence-corrected chi connectivity index (χ0v) is 15.5. The summed E-state index contributed by atoms with van der Waals surface area (Å²) in [5.41, 5.74) is 15.2. The normalized spacial score (nSPS) is 10.7. The van der Waals surface area contributed by atoms with E-state index < -0.39 is 0 Å². The topological polar surface area (TPSA) is 131 Å². The second-order valence-corrected chi connectivity index (χ2v) is 7.21. The quantitative estimate of drug-likeness (QED) is 0.231. The molecule has 28 heavy (non-hydrogen) atoms. The first-order valence-electron chi connectivity index (χ1n) is 8.36. The molecule has 6 N–H and O–H groups in total. The molecule has 0 aliphatic rings. The van der Waals surface area contributed by atoms with E-state index in [2.05, 4.69) is 15.3 Å². The summed E-state index contributed by atoms with van der Waals surface area (Å²) in [6, 6.07) is 13.0. The molecule has 4 aromatic rings. The van der Waals surface area contributed by atoms with Crippen LogP contribution in [0.2, 0.25) is 0 Å². The molecule has 0 atom stereocenters. The number of hydrogen-bond donors (Lipinski definition) is 4. The average molecular weight is 388 g/mol. The van der Waals surface area contributed by atoms with E-state index in [0.29, 0.717) is 22.6 Å². The van der Waals surface area contributed by atoms with Crippen molar-refractivity contribution >= 4 is 57.1 Å². The summed E-state index contributed by atoms with van der Waals surface area (Å²) in [7, 11) is 0. The predicted octanol–water partition coefficient (Wildman–Crippen LogP) is 4.08. The van der Waals surface area contributed by atoms with E-state index >= 15 is 0 Å². The van der Waals surface area contributed by atoms with Crippen molar-refractivity contribution in [2.75, 3.05) is 16.8 Å². The van der Waals surface area contributed by atoms with Gasteiger partial charge in [0.15, 0.2) is 0 Å². The highest BCUT2D eigenvalue weighted by molar-refractivity contribution is 7.22. The van der Waals surface area contributed by atoms with Crippen LogP contribution < -0.4 is 16.8 Å². The second-order valence-electron chi connectivity index (χ2n) is 6.12. The van der Waals surface area contributed by atoms with Crippen LogP contribution in [0.1, 0.15) is 15.9 Å². The first kappa shape index (κ1) is 17.6. The number of nitrogens with two attached hydrogens (primary N) is 2. The highest BCUT2D eigenvalue weighted by Crippen LogP contribution is 2.39. The van der Waals surface area contributed by atoms with Gasteiger partial charge in [0.05, 0.1) is 0 Å². The molecule has 0 amide bonds. The van der Waals surface area contributed by atoms with Crippen LogP contribution in [-0.4, -0.2) is 22.5 Å². The van der Waals surface area contributed by atoms with Crippen LogP contribution in [0.15, 0.2) is 48.7 Å². The van der Waals surface area contributed by atoms with E-state index in [9.17, 15) is 4.79 Å². The number of hydrogen-bond acceptors (Lipinski definition) is 8. The van der Waals surface area contributed by atoms with Gasteiger partial charge >= 0.3 is 0 Å². The van der Waals surface area contributed by atoms with Gasteiger partial charge in [-0.1, -0.05) is 6.07 Å². The number of carbonyl (C=O) groups is 1. The van der Waals surface area contributed by atoms with Crippen molar-refractivity contribution in [3.8, 4) is 10.4 Å². The van der Waals surface area contributed by atoms with E-state index in [1.54, 1.807) is 35.7 Å². The van der Waals surface area contributed by atoms with Crippen LogP contribution in [-0.2, 0) is 0 Å². The third-order valence-electron chi connectivity index (χ3n) is 4.26. The van der Waals surface area contributed by atoms with E-state index in [0.717, 1.165) is 32.5 Å². The molecule has 2 aromatic carbocycles. The van der Waals surface area contributed by atoms with E-state index in [-0.39, 0.29) is 5.95 Å². The first-order chi connectivity index (χ1) is 13.6. The molecule has 0 unspecified atom stereocenters. The van der Waals surface area contributed by atoms with Crippen LogP contribution >= 0.6 is 11.3 Å². The van der Waals surface area contributed by atoms with Crippen molar-refractivity contribution in [3.05, 3.63) is 59.8 Å². The standard InChI is InChI=1S/C20H16N6OS/c21-9-13-6-14(25-18-3-4-24-20(23)26-18)8-15(19(13)22)17-7-12-5-11(10-27)1-2-16(12)28-17/h1-10,21H,22H2,(H3,23,24,25,26). The molecule has 0 fully saturated rings. The van der Waals surface area contributed by atoms with Crippen LogP contribution in [0, 0.1) is 5.41 Å². The SMILES string of the molecule is N=Cc1cc(Nc2ccnc(N)n2)cc(-c2cc3cc(C=O)ccc3s2)c1N. The van der Waals surface area contributed by atoms with Gasteiger partial charge in [-0.15, -0.1) is 11.3 Å². The molecule has 7 nitrogen and oxygen atoms in total. The molecule has 0 bridgehead atoms. The lowest BCUT2D eigenvalue weighted by atomic mass is 10.0. The fourth-order valence-electron chi connectivity index (χ4n) is 2.93. The molecule has 8 heteroatoms. The third kappa shape index (κ3) is 3.28. The van der Waals surface area contributed by atoms with Gasteiger partial charge in [-0.2, -0.15) is 4.98 Å². The van der Waals surface area contributed by atoms with Crippen molar-refractivity contribution in [3.63, 3.8) is 0 Å². The van der Waals surface area contributed by atoms with Crippen LogP contribution in [0.25, 0.3) is 20.5 Å². The molecule has 138 valence electrons. The number of aldehydes is 1. The predicted molar refractivity (Wildman–Crippen MR) is 115 cm³/mol. The Labute approximate surface area is 164 Å². The van der Waals surface area contributed by atoms with Crippen LogP contribution in [0.5, 0.6) is 0 Å². The molecular weight excluding hydrogens is 372 g/mol. The summed E-state index contributed by atoms with van der Waals surface area (Å²) in [6.45, 7) is 0. The lowest BCUT2D eigenvalue weighted by Gasteiger charge is -2.12. The van der Waals surface area contributed by atoms with Gasteiger partial charge in [0.1, 0.15) is 12.1 Å². The Hall–Kier alpha value is -3.78. The maximum Gasteiger partial charge on any atom is 0.221 e. The smallest absolute Gasteiger partial charge is 0.221 e. The maximum absolute atomic E-state index is 11.0. The number of anilines is 4. The summed E-state index contributed by atoms with van der Waals surface area (Å²) in [5.74, 6) is 0.717. The van der Waals surface area contributed by atoms with Crippen molar-refractivity contribution in [1.29, 1.82) is 5.41 Å². The summed E-state index contributed by atoms with van der Waals surface area (Å²) >= 11 is 1.58. The minimum atomic E-state index is 0.170. The first-order valence-corrected chi connectivity index (χ1v) is 9.17. The molecule has 0 radical (unpaired) electrons. The minimum Gasteiger partial charge on any atom is -0.398 e. The van der Waals surface area contributed by atoms with Crippen LogP contribution in [0.3, 0.4) is 0 Å². The Morgan fingerprint density at radius 1 is 1.11 bits per heavy atom. The number of aromatic nitrogens is 2. The fraction of sp³-hybridized carbons (Fsp3) is 0. The number of nitrogens with one attached hydrogen (secondary N) is 2. The average Bonchev–Trinajstić information content (AvgIpc) is 3.12. The van der Waals surface area contributed by atoms with Crippen molar-refractivity contribution in [1.82, 2.24) is 9.97 Å². The van der Waals surface area contributed by atoms with Crippen LogP contribution in [0.4, 0.5) is 23.1 Å². The largest absolute Gasteiger partial charge is 0.398 e. The van der Waals surface area contributed by atoms with Gasteiger partial charge in [-0.05, 0) is 41.8 Å². The molecular formula is C20H16N6OS. The van der Waals surface area contributed by atoms with Gasteiger partial charge in [-0.3, -0.25) is 4.79 Å². The monoisotopic (exact) mass is 388 g/mol. The van der Waals surface area contributed by atoms with Gasteiger partial charge in [0.2, 0.25) is 5.95 Å². The number of benzene rings is 2. The van der Waals surface area contributed by atoms with Crippen molar-refractivity contribution in [2.45, 2.75) is 0 Å². The number of carbonyl (C=O) groups excluding carboxylic acids is 1. The van der Waals surface area contributed by atoms with E-state index in [1.165, 1.54) is 6.21 Å². The number of fused-ring (bicyclic) bond motifs is 1. The van der Waals surface area contributed by atoms with Gasteiger partial charge in [0, 0.05) is 50.1 Å². The highest BCUT2D eigenvalue weighted by Gasteiger charge is 2.13. The van der Waals surface area contributed by atoms with Gasteiger partial charge in [-0.25, -0.2) is 4.98 Å². The van der Waals surface area contributed by atoms with Gasteiger partial charge in [0.25, 0.3) is 0 Å². The molecule has 0 aliphatic carbocycles. The zero-order valence-electron chi connectivity index (χ0n) is 14.6. The Morgan fingerprint density at radius 2 is 1.96 bits per heavy atom. The molecule has 0 saturated heterocycles. The van der Waals surface area contributed by atoms with E-state index in [1.807, 2.05) is 24.3 Å². The summed E-state index contributed by atoms with van der Waals surface area (Å²) in [4.78, 5) is 20.0. The Kier molecular flexibility index (Phi) is 4.46. The third-order valence-corrected chi connectivity index (χ3v) is 5.41. The molecule has 4 rings (SSSR count). The Morgan fingerprint density at radius 3 is 2.71 bits per heavy atom. The second kappa shape index (κ2) is 7.09. The van der Waals surface area contributed by atoms with Crippen molar-refractivity contribution < 1.29 is 4.79 Å². The summed E-state index contributed by atoms with van der Waals surface area (Å²) in [5, 5.41) is 11.9. The fourth-order valence-corrected chi connectivity index (χ4v) is 4.00. The zero-order chi connectivity index (χ0) is 19.7. The molecule has 2 aromatic heterocycles. The Bertz CT molecular complexity index is 1220. The summed E-state index contributed by atoms with van der Waals surface area (Å²) in [6.07, 6.45) is 3.61. The number of nitrogen functional groups attached to an aromatic ring is 2. The summed E-state index contributed by atoms with van der Waals surface area (Å²) < 4.78 is 1.05. The molecule has 0 spiro atoms. The van der Waals surface area contributed by atoms with Gasteiger partial charge < -0.3 is 22.2 Å². The molecule has 0 saturated carbocycles. The highest BCUT2D eigenvalue weighted by atomic mass is 32.1. The minimum absolute atomic E-state index is 0.170. The number of thiophene rings is 1. The number of nitrogens with zero attached hydrogens (tertiary/aromatic N) is 2. The molecule has 2 heterocycles. The van der Waals surface area contributed by atoms with E-state index in [4.69, 9.17) is 16.9 Å². The lowest BCUT2D eigenvalue weighted by Crippen LogP contribution is -2.02. The Balaban J connectivity index is 1.81. The number of rotatable bonds is 5.